The predicted octanol–water partition coefficient (Wildman–Crippen LogP) is 3.46. The number of rotatable bonds is 6. The van der Waals surface area contributed by atoms with Crippen molar-refractivity contribution < 1.29 is 14.0 Å². The molecule has 1 aromatic heterocycles. The van der Waals surface area contributed by atoms with Gasteiger partial charge < -0.3 is 20.4 Å². The van der Waals surface area contributed by atoms with E-state index in [1.807, 2.05) is 12.1 Å². The molecule has 0 spiro atoms. The van der Waals surface area contributed by atoms with Gasteiger partial charge in [0, 0.05) is 18.7 Å². The summed E-state index contributed by atoms with van der Waals surface area (Å²) in [6, 6.07) is 8.81. The number of nitrogens with one attached hydrogen (secondary N) is 1. The molecule has 2 amide bonds. The van der Waals surface area contributed by atoms with Crippen molar-refractivity contribution in [2.75, 3.05) is 36.4 Å². The number of primary amides is 1. The summed E-state index contributed by atoms with van der Waals surface area (Å²) < 4.78 is 5.80. The van der Waals surface area contributed by atoms with E-state index in [-0.39, 0.29) is 11.7 Å². The lowest BCUT2D eigenvalue weighted by atomic mass is 9.98. The van der Waals surface area contributed by atoms with Crippen molar-refractivity contribution in [1.82, 2.24) is 4.90 Å². The third kappa shape index (κ3) is 4.67. The summed E-state index contributed by atoms with van der Waals surface area (Å²) in [4.78, 5) is 29.1. The molecule has 7 nitrogen and oxygen atoms in total. The lowest BCUT2D eigenvalue weighted by molar-refractivity contribution is 0.0986. The Kier molecular flexibility index (Phi) is 6.08. The quantitative estimate of drug-likeness (QED) is 0.761. The summed E-state index contributed by atoms with van der Waals surface area (Å²) in [7, 11) is 0. The Labute approximate surface area is 177 Å². The van der Waals surface area contributed by atoms with E-state index in [1.165, 1.54) is 12.8 Å². The second kappa shape index (κ2) is 8.92. The van der Waals surface area contributed by atoms with E-state index in [0.717, 1.165) is 57.0 Å². The van der Waals surface area contributed by atoms with Crippen LogP contribution in [0.2, 0.25) is 0 Å². The van der Waals surface area contributed by atoms with Crippen LogP contribution in [0.4, 0.5) is 11.4 Å². The fraction of sp³-hybridized carbons (Fsp3) is 0.478. The average molecular weight is 411 g/mol. The highest BCUT2D eigenvalue weighted by atomic mass is 16.4. The summed E-state index contributed by atoms with van der Waals surface area (Å²) in [6.45, 7) is 6.95. The molecule has 3 heterocycles. The molecule has 30 heavy (non-hydrogen) atoms. The van der Waals surface area contributed by atoms with Crippen LogP contribution in [0.1, 0.15) is 59.3 Å². The molecule has 2 aliphatic rings. The van der Waals surface area contributed by atoms with Gasteiger partial charge >= 0.3 is 0 Å². The van der Waals surface area contributed by atoms with Crippen LogP contribution in [0.15, 0.2) is 34.7 Å². The van der Waals surface area contributed by atoms with Gasteiger partial charge in [0.15, 0.2) is 5.76 Å². The summed E-state index contributed by atoms with van der Waals surface area (Å²) in [6.07, 6.45) is 4.62. The molecule has 0 saturated carbocycles. The topological polar surface area (TPSA) is 91.8 Å². The van der Waals surface area contributed by atoms with Crippen LogP contribution in [-0.4, -0.2) is 42.9 Å². The SMILES string of the molecule is CC1CCN(c2ccc(C(N)=O)cc2NC(=O)c2ccc(CN3CCCC3)o2)CC1. The largest absolute Gasteiger partial charge is 0.455 e. The minimum absolute atomic E-state index is 0.270. The van der Waals surface area contributed by atoms with Crippen LogP contribution in [0.3, 0.4) is 0 Å². The minimum atomic E-state index is -0.518. The first-order valence-electron chi connectivity index (χ1n) is 10.8. The van der Waals surface area contributed by atoms with Crippen molar-refractivity contribution >= 4 is 23.2 Å². The van der Waals surface area contributed by atoms with E-state index >= 15 is 0 Å². The van der Waals surface area contributed by atoms with Gasteiger partial charge in [0.2, 0.25) is 5.91 Å². The highest BCUT2D eigenvalue weighted by molar-refractivity contribution is 6.05. The highest BCUT2D eigenvalue weighted by Gasteiger charge is 2.22. The fourth-order valence-electron chi connectivity index (χ4n) is 4.24. The van der Waals surface area contributed by atoms with Gasteiger partial charge in [-0.05, 0) is 75.0 Å². The molecule has 0 bridgehead atoms. The molecule has 0 atom stereocenters. The first kappa shape index (κ1) is 20.5. The Morgan fingerprint density at radius 2 is 1.83 bits per heavy atom. The van der Waals surface area contributed by atoms with Gasteiger partial charge in [-0.25, -0.2) is 0 Å². The highest BCUT2D eigenvalue weighted by Crippen LogP contribution is 2.31. The maximum atomic E-state index is 12.9. The summed E-state index contributed by atoms with van der Waals surface area (Å²) in [5.41, 5.74) is 7.33. The van der Waals surface area contributed by atoms with Crippen LogP contribution in [-0.2, 0) is 6.54 Å². The maximum absolute atomic E-state index is 12.9. The van der Waals surface area contributed by atoms with Crippen molar-refractivity contribution in [3.63, 3.8) is 0 Å². The van der Waals surface area contributed by atoms with Gasteiger partial charge in [0.1, 0.15) is 5.76 Å². The third-order valence-corrected chi connectivity index (χ3v) is 6.12. The zero-order valence-electron chi connectivity index (χ0n) is 17.5. The lowest BCUT2D eigenvalue weighted by Gasteiger charge is -2.33. The molecule has 4 rings (SSSR count). The maximum Gasteiger partial charge on any atom is 0.291 e. The van der Waals surface area contributed by atoms with Crippen LogP contribution in [0, 0.1) is 5.92 Å². The lowest BCUT2D eigenvalue weighted by Crippen LogP contribution is -2.33. The molecule has 2 saturated heterocycles. The normalized spacial score (nSPS) is 18.0. The molecule has 7 heteroatoms. The van der Waals surface area contributed by atoms with Crippen molar-refractivity contribution in [3.05, 3.63) is 47.4 Å². The van der Waals surface area contributed by atoms with Crippen molar-refractivity contribution in [1.29, 1.82) is 0 Å². The number of carbonyl (C=O) groups excluding carboxylic acids is 2. The molecule has 2 fully saturated rings. The first-order chi connectivity index (χ1) is 14.5. The smallest absolute Gasteiger partial charge is 0.291 e. The Morgan fingerprint density at radius 1 is 1.10 bits per heavy atom. The first-order valence-corrected chi connectivity index (χ1v) is 10.8. The number of anilines is 2. The molecule has 0 unspecified atom stereocenters. The number of hydrogen-bond donors (Lipinski definition) is 2. The van der Waals surface area contributed by atoms with Gasteiger partial charge in [-0.2, -0.15) is 0 Å². The zero-order valence-corrected chi connectivity index (χ0v) is 17.5. The molecule has 2 aromatic rings. The van der Waals surface area contributed by atoms with E-state index in [2.05, 4.69) is 22.0 Å². The monoisotopic (exact) mass is 410 g/mol. The Hall–Kier alpha value is -2.80. The Morgan fingerprint density at radius 3 is 2.53 bits per heavy atom. The number of nitrogens with two attached hydrogens (primary N) is 1. The van der Waals surface area contributed by atoms with Gasteiger partial charge in [-0.3, -0.25) is 14.5 Å². The second-order valence-corrected chi connectivity index (χ2v) is 8.47. The summed E-state index contributed by atoms with van der Waals surface area (Å²) >= 11 is 0. The minimum Gasteiger partial charge on any atom is -0.455 e. The fourth-order valence-corrected chi connectivity index (χ4v) is 4.24. The number of hydrogen-bond acceptors (Lipinski definition) is 5. The molecule has 0 radical (unpaired) electrons. The van der Waals surface area contributed by atoms with E-state index in [9.17, 15) is 9.59 Å². The Bertz CT molecular complexity index is 909. The van der Waals surface area contributed by atoms with E-state index in [4.69, 9.17) is 10.2 Å². The molecule has 2 aliphatic heterocycles. The average Bonchev–Trinajstić information content (AvgIpc) is 3.41. The van der Waals surface area contributed by atoms with Gasteiger partial charge in [-0.1, -0.05) is 6.92 Å². The van der Waals surface area contributed by atoms with Gasteiger partial charge in [-0.15, -0.1) is 0 Å². The summed E-state index contributed by atoms with van der Waals surface area (Å²) in [5.74, 6) is 0.914. The number of benzene rings is 1. The summed E-state index contributed by atoms with van der Waals surface area (Å²) in [5, 5.41) is 2.94. The van der Waals surface area contributed by atoms with Crippen LogP contribution >= 0.6 is 0 Å². The Balaban J connectivity index is 1.52. The number of amides is 2. The number of carbonyl (C=O) groups is 2. The molecule has 0 aliphatic carbocycles. The van der Waals surface area contributed by atoms with Gasteiger partial charge in [0.25, 0.3) is 5.91 Å². The number of likely N-dealkylation sites (tertiary alicyclic amines) is 1. The van der Waals surface area contributed by atoms with Crippen molar-refractivity contribution in [3.8, 4) is 0 Å². The van der Waals surface area contributed by atoms with E-state index in [1.54, 1.807) is 18.2 Å². The molecular formula is C23H30N4O3. The zero-order chi connectivity index (χ0) is 21.1. The number of furan rings is 1. The van der Waals surface area contributed by atoms with Crippen LogP contribution < -0.4 is 16.0 Å². The molecular weight excluding hydrogens is 380 g/mol. The second-order valence-electron chi connectivity index (χ2n) is 8.47. The molecule has 160 valence electrons. The van der Waals surface area contributed by atoms with Crippen LogP contribution in [0.25, 0.3) is 0 Å². The number of piperidine rings is 1. The van der Waals surface area contributed by atoms with Crippen molar-refractivity contribution in [2.24, 2.45) is 11.7 Å². The van der Waals surface area contributed by atoms with Crippen molar-refractivity contribution in [2.45, 2.75) is 39.2 Å². The third-order valence-electron chi connectivity index (χ3n) is 6.12. The number of nitrogens with zero attached hydrogens (tertiary/aromatic N) is 2. The molecule has 3 N–H and O–H groups in total. The predicted molar refractivity (Wildman–Crippen MR) is 117 cm³/mol. The standard InChI is InChI=1S/C23H30N4O3/c1-16-8-12-27(13-9-16)20-6-4-17(22(24)28)14-19(20)25-23(29)21-7-5-18(30-21)15-26-10-2-3-11-26/h4-7,14,16H,2-3,8-13,15H2,1H3,(H2,24,28)(H,25,29). The van der Waals surface area contributed by atoms with Crippen LogP contribution in [0.5, 0.6) is 0 Å². The van der Waals surface area contributed by atoms with E-state index in [0.29, 0.717) is 17.2 Å². The van der Waals surface area contributed by atoms with Gasteiger partial charge in [0.05, 0.1) is 17.9 Å². The molecule has 1 aromatic carbocycles. The van der Waals surface area contributed by atoms with E-state index < -0.39 is 5.91 Å².